The van der Waals surface area contributed by atoms with Crippen LogP contribution in [0.15, 0.2) is 48.5 Å². The Balaban J connectivity index is 2.00. The molecule has 0 aliphatic rings. The second-order valence-electron chi connectivity index (χ2n) is 4.14. The van der Waals surface area contributed by atoms with Crippen LogP contribution in [-0.2, 0) is 4.79 Å². The molecule has 2 rings (SSSR count). The minimum absolute atomic E-state index is 0.243. The summed E-state index contributed by atoms with van der Waals surface area (Å²) in [5, 5.41) is 3.31. The normalized spacial score (nSPS) is 10.1. The van der Waals surface area contributed by atoms with Crippen molar-refractivity contribution in [3.05, 3.63) is 64.1 Å². The van der Waals surface area contributed by atoms with E-state index in [4.69, 9.17) is 23.2 Å². The van der Waals surface area contributed by atoms with Crippen LogP contribution in [0.3, 0.4) is 0 Å². The molecule has 20 heavy (non-hydrogen) atoms. The summed E-state index contributed by atoms with van der Waals surface area (Å²) in [4.78, 5) is 23.7. The predicted molar refractivity (Wildman–Crippen MR) is 80.5 cm³/mol. The van der Waals surface area contributed by atoms with E-state index in [9.17, 15) is 9.59 Å². The number of ketones is 1. The van der Waals surface area contributed by atoms with Crippen LogP contribution in [0.1, 0.15) is 16.8 Å². The molecule has 1 amide bonds. The molecule has 0 fully saturated rings. The van der Waals surface area contributed by atoms with E-state index in [1.54, 1.807) is 30.3 Å². The number of rotatable bonds is 4. The fraction of sp³-hybridized carbons (Fsp3) is 0.0667. The molecular weight excluding hydrogens is 297 g/mol. The van der Waals surface area contributed by atoms with E-state index in [1.807, 2.05) is 6.07 Å². The van der Waals surface area contributed by atoms with Gasteiger partial charge < -0.3 is 5.32 Å². The highest BCUT2D eigenvalue weighted by Gasteiger charge is 2.13. The van der Waals surface area contributed by atoms with Gasteiger partial charge in [-0.15, -0.1) is 0 Å². The molecule has 0 heterocycles. The van der Waals surface area contributed by atoms with Gasteiger partial charge in [0.05, 0.1) is 16.5 Å². The molecule has 0 saturated carbocycles. The molecule has 0 aromatic heterocycles. The van der Waals surface area contributed by atoms with Gasteiger partial charge in [-0.25, -0.2) is 0 Å². The quantitative estimate of drug-likeness (QED) is 0.679. The number of para-hydroxylation sites is 1. The van der Waals surface area contributed by atoms with Gasteiger partial charge in [-0.3, -0.25) is 9.59 Å². The van der Waals surface area contributed by atoms with E-state index in [-0.39, 0.29) is 18.1 Å². The summed E-state index contributed by atoms with van der Waals surface area (Å²) >= 11 is 11.6. The molecule has 0 aliphatic heterocycles. The zero-order chi connectivity index (χ0) is 14.5. The molecule has 2 aromatic carbocycles. The monoisotopic (exact) mass is 307 g/mol. The summed E-state index contributed by atoms with van der Waals surface area (Å²) in [5.41, 5.74) is 1.02. The number of carbonyl (C=O) groups is 2. The van der Waals surface area contributed by atoms with Crippen molar-refractivity contribution in [3.8, 4) is 0 Å². The Bertz CT molecular complexity index is 642. The molecule has 0 atom stereocenters. The molecule has 102 valence electrons. The largest absolute Gasteiger partial charge is 0.326 e. The smallest absolute Gasteiger partial charge is 0.232 e. The van der Waals surface area contributed by atoms with E-state index >= 15 is 0 Å². The summed E-state index contributed by atoms with van der Waals surface area (Å²) < 4.78 is 0. The van der Waals surface area contributed by atoms with E-state index < -0.39 is 0 Å². The first kappa shape index (κ1) is 14.6. The Labute approximate surface area is 126 Å². The predicted octanol–water partition coefficient (Wildman–Crippen LogP) is 4.20. The van der Waals surface area contributed by atoms with Crippen LogP contribution in [-0.4, -0.2) is 11.7 Å². The Morgan fingerprint density at radius 2 is 1.65 bits per heavy atom. The Hall–Kier alpha value is -1.84. The number of hydrogen-bond acceptors (Lipinski definition) is 2. The van der Waals surface area contributed by atoms with Gasteiger partial charge in [-0.1, -0.05) is 41.4 Å². The molecule has 0 saturated heterocycles. The molecule has 2 aromatic rings. The lowest BCUT2D eigenvalue weighted by atomic mass is 10.1. The average Bonchev–Trinajstić information content (AvgIpc) is 2.42. The second-order valence-corrected chi connectivity index (χ2v) is 4.96. The van der Waals surface area contributed by atoms with Crippen molar-refractivity contribution in [2.75, 3.05) is 5.32 Å². The van der Waals surface area contributed by atoms with Crippen molar-refractivity contribution in [1.29, 1.82) is 0 Å². The van der Waals surface area contributed by atoms with Gasteiger partial charge in [0.2, 0.25) is 5.91 Å². The van der Waals surface area contributed by atoms with Gasteiger partial charge in [0.25, 0.3) is 0 Å². The average molecular weight is 308 g/mol. The Kier molecular flexibility index (Phi) is 4.77. The Morgan fingerprint density at radius 3 is 2.30 bits per heavy atom. The van der Waals surface area contributed by atoms with Gasteiger partial charge in [0.1, 0.15) is 0 Å². The third kappa shape index (κ3) is 3.83. The number of nitrogens with one attached hydrogen (secondary N) is 1. The number of benzene rings is 2. The summed E-state index contributed by atoms with van der Waals surface area (Å²) in [6.07, 6.45) is -0.243. The molecule has 0 aliphatic carbocycles. The van der Waals surface area contributed by atoms with Crippen LogP contribution in [0.4, 0.5) is 5.69 Å². The van der Waals surface area contributed by atoms with E-state index in [1.165, 1.54) is 12.1 Å². The summed E-state index contributed by atoms with van der Waals surface area (Å²) in [6.45, 7) is 0. The second kappa shape index (κ2) is 6.55. The number of Topliss-reactive ketones (excluding diaryl/α,β-unsaturated/α-hetero) is 1. The molecule has 5 heteroatoms. The highest BCUT2D eigenvalue weighted by atomic mass is 35.5. The van der Waals surface area contributed by atoms with Crippen LogP contribution in [0.25, 0.3) is 0 Å². The zero-order valence-corrected chi connectivity index (χ0v) is 11.9. The van der Waals surface area contributed by atoms with Crippen molar-refractivity contribution in [2.24, 2.45) is 0 Å². The van der Waals surface area contributed by atoms with Crippen LogP contribution in [0.2, 0.25) is 10.0 Å². The third-order valence-corrected chi connectivity index (χ3v) is 3.36. The topological polar surface area (TPSA) is 46.2 Å². The highest BCUT2D eigenvalue weighted by molar-refractivity contribution is 6.42. The number of anilines is 1. The van der Waals surface area contributed by atoms with Gasteiger partial charge >= 0.3 is 0 Å². The minimum atomic E-state index is -0.368. The maximum Gasteiger partial charge on any atom is 0.232 e. The lowest BCUT2D eigenvalue weighted by molar-refractivity contribution is -0.115. The maximum absolute atomic E-state index is 11.9. The summed E-state index contributed by atoms with van der Waals surface area (Å²) in [5.74, 6) is -0.677. The van der Waals surface area contributed by atoms with Crippen molar-refractivity contribution in [1.82, 2.24) is 0 Å². The van der Waals surface area contributed by atoms with Gasteiger partial charge in [0.15, 0.2) is 5.78 Å². The molecule has 1 N–H and O–H groups in total. The number of hydrogen-bond donors (Lipinski definition) is 1. The summed E-state index contributed by atoms with van der Waals surface area (Å²) in [6, 6.07) is 13.5. The van der Waals surface area contributed by atoms with E-state index in [0.29, 0.717) is 21.3 Å². The van der Waals surface area contributed by atoms with Crippen molar-refractivity contribution in [2.45, 2.75) is 6.42 Å². The van der Waals surface area contributed by atoms with Crippen molar-refractivity contribution in [3.63, 3.8) is 0 Å². The van der Waals surface area contributed by atoms with Crippen LogP contribution in [0.5, 0.6) is 0 Å². The van der Waals surface area contributed by atoms with Gasteiger partial charge in [-0.2, -0.15) is 0 Å². The first-order chi connectivity index (χ1) is 9.56. The molecule has 0 radical (unpaired) electrons. The molecular formula is C15H11Cl2NO2. The van der Waals surface area contributed by atoms with E-state index in [2.05, 4.69) is 5.32 Å². The standard InChI is InChI=1S/C15H11Cl2NO2/c16-12-7-6-10(8-13(12)17)14(19)9-15(20)18-11-4-2-1-3-5-11/h1-8H,9H2,(H,18,20). The van der Waals surface area contributed by atoms with Crippen LogP contribution < -0.4 is 5.32 Å². The maximum atomic E-state index is 11.9. The highest BCUT2D eigenvalue weighted by Crippen LogP contribution is 2.23. The third-order valence-electron chi connectivity index (χ3n) is 2.62. The van der Waals surface area contributed by atoms with Crippen LogP contribution in [0, 0.1) is 0 Å². The first-order valence-corrected chi connectivity index (χ1v) is 6.65. The fourth-order valence-corrected chi connectivity index (χ4v) is 1.94. The van der Waals surface area contributed by atoms with Gasteiger partial charge in [0, 0.05) is 11.3 Å². The number of halogens is 2. The van der Waals surface area contributed by atoms with Crippen molar-refractivity contribution >= 4 is 40.6 Å². The minimum Gasteiger partial charge on any atom is -0.326 e. The van der Waals surface area contributed by atoms with Crippen molar-refractivity contribution < 1.29 is 9.59 Å². The molecule has 0 spiro atoms. The summed E-state index contributed by atoms with van der Waals surface area (Å²) in [7, 11) is 0. The zero-order valence-electron chi connectivity index (χ0n) is 10.4. The lowest BCUT2D eigenvalue weighted by Gasteiger charge is -2.05. The molecule has 0 bridgehead atoms. The Morgan fingerprint density at radius 1 is 0.950 bits per heavy atom. The van der Waals surface area contributed by atoms with Crippen LogP contribution >= 0.6 is 23.2 Å². The number of amides is 1. The lowest BCUT2D eigenvalue weighted by Crippen LogP contribution is -2.16. The molecule has 0 unspecified atom stereocenters. The first-order valence-electron chi connectivity index (χ1n) is 5.89. The fourth-order valence-electron chi connectivity index (χ4n) is 1.64. The van der Waals surface area contributed by atoms with E-state index in [0.717, 1.165) is 0 Å². The SMILES string of the molecule is O=C(CC(=O)c1ccc(Cl)c(Cl)c1)Nc1ccccc1. The van der Waals surface area contributed by atoms with Gasteiger partial charge in [-0.05, 0) is 30.3 Å². The molecule has 3 nitrogen and oxygen atoms in total. The number of carbonyl (C=O) groups excluding carboxylic acids is 2.